The van der Waals surface area contributed by atoms with E-state index in [4.69, 9.17) is 0 Å². The lowest BCUT2D eigenvalue weighted by Gasteiger charge is -2.27. The monoisotopic (exact) mass is 241 g/mol. The van der Waals surface area contributed by atoms with Crippen molar-refractivity contribution >= 4 is 22.8 Å². The number of carbonyl (C=O) groups is 1. The fourth-order valence-electron chi connectivity index (χ4n) is 2.13. The number of aliphatic imine (C=N–C) groups is 1. The number of nitrogens with zero attached hydrogens (tertiary/aromatic N) is 1. The molecule has 2 heterocycles. The summed E-state index contributed by atoms with van der Waals surface area (Å²) in [6, 6.07) is 0.753. The number of thioether (sulfide) groups is 1. The zero-order chi connectivity index (χ0) is 11.5. The first-order valence-electron chi connectivity index (χ1n) is 5.90. The summed E-state index contributed by atoms with van der Waals surface area (Å²) in [5.41, 5.74) is 0. The molecule has 0 radical (unpaired) electrons. The minimum absolute atomic E-state index is 0.163. The summed E-state index contributed by atoms with van der Waals surface area (Å²) in [6.07, 6.45) is 2.76. The van der Waals surface area contributed by atoms with Gasteiger partial charge in [0.1, 0.15) is 0 Å². The Morgan fingerprint density at radius 1 is 1.44 bits per heavy atom. The molecule has 3 unspecified atom stereocenters. The molecule has 2 rings (SSSR count). The molecule has 0 aromatic carbocycles. The zero-order valence-electron chi connectivity index (χ0n) is 9.82. The number of amidine groups is 1. The van der Waals surface area contributed by atoms with Crippen LogP contribution in [0.15, 0.2) is 4.99 Å². The van der Waals surface area contributed by atoms with Gasteiger partial charge in [-0.3, -0.25) is 9.79 Å². The molecule has 90 valence electrons. The van der Waals surface area contributed by atoms with E-state index in [-0.39, 0.29) is 11.9 Å². The molecule has 2 aliphatic rings. The number of carbonyl (C=O) groups excluding carboxylic acids is 1. The number of nitrogens with one attached hydrogen (secondary N) is 2. The quantitative estimate of drug-likeness (QED) is 0.762. The fourth-order valence-corrected chi connectivity index (χ4v) is 3.31. The van der Waals surface area contributed by atoms with Gasteiger partial charge in [-0.05, 0) is 19.8 Å². The summed E-state index contributed by atoms with van der Waals surface area (Å²) in [6.45, 7) is 5.12. The van der Waals surface area contributed by atoms with Crippen molar-refractivity contribution in [2.45, 2.75) is 50.4 Å². The Morgan fingerprint density at radius 3 is 2.88 bits per heavy atom. The minimum Gasteiger partial charge on any atom is -0.362 e. The number of amides is 1. The molecule has 0 aromatic heterocycles. The first kappa shape index (κ1) is 11.8. The van der Waals surface area contributed by atoms with Gasteiger partial charge in [-0.25, -0.2) is 0 Å². The molecule has 0 aromatic rings. The maximum atomic E-state index is 11.0. The number of hydrogen-bond donors (Lipinski definition) is 2. The molecule has 5 heteroatoms. The van der Waals surface area contributed by atoms with E-state index < -0.39 is 0 Å². The van der Waals surface area contributed by atoms with Gasteiger partial charge < -0.3 is 10.6 Å². The van der Waals surface area contributed by atoms with Crippen molar-refractivity contribution in [3.8, 4) is 0 Å². The van der Waals surface area contributed by atoms with Crippen molar-refractivity contribution in [3.63, 3.8) is 0 Å². The average Bonchev–Trinajstić information content (AvgIpc) is 2.60. The third kappa shape index (κ3) is 3.14. The lowest BCUT2D eigenvalue weighted by Crippen LogP contribution is -2.39. The van der Waals surface area contributed by atoms with Crippen LogP contribution < -0.4 is 10.6 Å². The highest BCUT2D eigenvalue weighted by Gasteiger charge is 2.22. The maximum Gasteiger partial charge on any atom is 0.220 e. The SMILES string of the molecule is CC1CC(C)SC(=NCC2CCC(=O)N2)N1. The third-order valence-corrected chi connectivity index (χ3v) is 3.97. The predicted molar refractivity (Wildman–Crippen MR) is 67.7 cm³/mol. The Balaban J connectivity index is 1.84. The molecule has 2 aliphatic heterocycles. The van der Waals surface area contributed by atoms with Crippen molar-refractivity contribution in [2.24, 2.45) is 4.99 Å². The largest absolute Gasteiger partial charge is 0.362 e. The van der Waals surface area contributed by atoms with Gasteiger partial charge >= 0.3 is 0 Å². The van der Waals surface area contributed by atoms with E-state index in [1.165, 1.54) is 6.42 Å². The van der Waals surface area contributed by atoms with Gasteiger partial charge in [0.2, 0.25) is 5.91 Å². The van der Waals surface area contributed by atoms with Crippen LogP contribution in [0.5, 0.6) is 0 Å². The van der Waals surface area contributed by atoms with Gasteiger partial charge in [0.05, 0.1) is 6.54 Å². The van der Waals surface area contributed by atoms with Crippen molar-refractivity contribution < 1.29 is 4.79 Å². The summed E-state index contributed by atoms with van der Waals surface area (Å²) >= 11 is 1.80. The molecule has 2 N–H and O–H groups in total. The van der Waals surface area contributed by atoms with Gasteiger partial charge in [-0.15, -0.1) is 0 Å². The summed E-state index contributed by atoms with van der Waals surface area (Å²) in [4.78, 5) is 15.6. The highest BCUT2D eigenvalue weighted by atomic mass is 32.2. The highest BCUT2D eigenvalue weighted by Crippen LogP contribution is 2.22. The molecule has 16 heavy (non-hydrogen) atoms. The topological polar surface area (TPSA) is 53.5 Å². The van der Waals surface area contributed by atoms with Crippen LogP contribution in [0.4, 0.5) is 0 Å². The van der Waals surface area contributed by atoms with Crippen LogP contribution in [-0.4, -0.2) is 35.0 Å². The van der Waals surface area contributed by atoms with Gasteiger partial charge in [0, 0.05) is 23.8 Å². The Labute approximate surface area is 101 Å². The Kier molecular flexibility index (Phi) is 3.74. The predicted octanol–water partition coefficient (Wildman–Crippen LogP) is 1.12. The minimum atomic E-state index is 0.163. The summed E-state index contributed by atoms with van der Waals surface area (Å²) in [5.74, 6) is 0.163. The van der Waals surface area contributed by atoms with Crippen LogP contribution in [-0.2, 0) is 4.79 Å². The van der Waals surface area contributed by atoms with E-state index in [0.717, 1.165) is 11.6 Å². The molecule has 0 bridgehead atoms. The van der Waals surface area contributed by atoms with Gasteiger partial charge in [-0.1, -0.05) is 18.7 Å². The smallest absolute Gasteiger partial charge is 0.220 e. The number of rotatable bonds is 2. The summed E-state index contributed by atoms with van der Waals surface area (Å²) in [7, 11) is 0. The van der Waals surface area contributed by atoms with Crippen molar-refractivity contribution in [3.05, 3.63) is 0 Å². The first-order valence-corrected chi connectivity index (χ1v) is 6.78. The van der Waals surface area contributed by atoms with Crippen LogP contribution in [0.3, 0.4) is 0 Å². The van der Waals surface area contributed by atoms with Crippen molar-refractivity contribution in [1.29, 1.82) is 0 Å². The van der Waals surface area contributed by atoms with Crippen LogP contribution >= 0.6 is 11.8 Å². The summed E-state index contributed by atoms with van der Waals surface area (Å²) in [5, 5.41) is 7.98. The molecular formula is C11H19N3OS. The number of hydrogen-bond acceptors (Lipinski definition) is 3. The normalized spacial score (nSPS) is 37.2. The zero-order valence-corrected chi connectivity index (χ0v) is 10.6. The molecule has 0 spiro atoms. The lowest BCUT2D eigenvalue weighted by atomic mass is 10.2. The Hall–Kier alpha value is -0.710. The van der Waals surface area contributed by atoms with E-state index in [2.05, 4.69) is 29.5 Å². The third-order valence-electron chi connectivity index (χ3n) is 2.91. The van der Waals surface area contributed by atoms with Gasteiger partial charge in [-0.2, -0.15) is 0 Å². The fraction of sp³-hybridized carbons (Fsp3) is 0.818. The highest BCUT2D eigenvalue weighted by molar-refractivity contribution is 8.14. The Bertz CT molecular complexity index is 294. The van der Waals surface area contributed by atoms with Crippen LogP contribution in [0.25, 0.3) is 0 Å². The second-order valence-electron chi connectivity index (χ2n) is 4.66. The maximum absolute atomic E-state index is 11.0. The van der Waals surface area contributed by atoms with E-state index in [1.54, 1.807) is 11.8 Å². The van der Waals surface area contributed by atoms with Gasteiger partial charge in [0.25, 0.3) is 0 Å². The Morgan fingerprint density at radius 2 is 2.25 bits per heavy atom. The van der Waals surface area contributed by atoms with E-state index in [0.29, 0.717) is 24.3 Å². The lowest BCUT2D eigenvalue weighted by molar-refractivity contribution is -0.119. The molecule has 0 saturated carbocycles. The first-order chi connectivity index (χ1) is 7.63. The molecule has 2 saturated heterocycles. The van der Waals surface area contributed by atoms with Crippen LogP contribution in [0, 0.1) is 0 Å². The molecule has 4 nitrogen and oxygen atoms in total. The second-order valence-corrected chi connectivity index (χ2v) is 6.09. The average molecular weight is 241 g/mol. The van der Waals surface area contributed by atoms with E-state index >= 15 is 0 Å². The van der Waals surface area contributed by atoms with E-state index in [1.807, 2.05) is 0 Å². The van der Waals surface area contributed by atoms with Crippen molar-refractivity contribution in [2.75, 3.05) is 6.54 Å². The summed E-state index contributed by atoms with van der Waals surface area (Å²) < 4.78 is 0. The molecule has 3 atom stereocenters. The molecular weight excluding hydrogens is 222 g/mol. The second kappa shape index (κ2) is 5.08. The van der Waals surface area contributed by atoms with E-state index in [9.17, 15) is 4.79 Å². The van der Waals surface area contributed by atoms with Gasteiger partial charge in [0.15, 0.2) is 5.17 Å². The van der Waals surface area contributed by atoms with Crippen LogP contribution in [0.1, 0.15) is 33.1 Å². The molecule has 0 aliphatic carbocycles. The standard InChI is InChI=1S/C11H19N3OS/c1-7-5-8(2)16-11(13-7)12-6-9-3-4-10(15)14-9/h7-9H,3-6H2,1-2H3,(H,12,13)(H,14,15). The van der Waals surface area contributed by atoms with Crippen LogP contribution in [0.2, 0.25) is 0 Å². The molecule has 1 amide bonds. The van der Waals surface area contributed by atoms with Crippen molar-refractivity contribution in [1.82, 2.24) is 10.6 Å². The molecule has 2 fully saturated rings.